The summed E-state index contributed by atoms with van der Waals surface area (Å²) in [6.45, 7) is 0.967. The van der Waals surface area contributed by atoms with E-state index in [0.29, 0.717) is 23.4 Å². The number of fused-ring (bicyclic) bond motifs is 1. The number of likely N-dealkylation sites (tertiary alicyclic amines) is 1. The SMILES string of the molecule is O=C(Nc1ccccc1)C1CCCN(C(=O)c2cc3cc([N+](=O)[O-])ccc3s2)C1. The van der Waals surface area contributed by atoms with Crippen LogP contribution in [0.1, 0.15) is 22.5 Å². The quantitative estimate of drug-likeness (QED) is 0.514. The molecule has 2 amide bonds. The van der Waals surface area contributed by atoms with Gasteiger partial charge >= 0.3 is 0 Å². The molecule has 1 atom stereocenters. The van der Waals surface area contributed by atoms with Gasteiger partial charge in [0.15, 0.2) is 0 Å². The van der Waals surface area contributed by atoms with Gasteiger partial charge in [0.05, 0.1) is 15.7 Å². The molecule has 0 saturated carbocycles. The molecule has 1 aromatic heterocycles. The van der Waals surface area contributed by atoms with Crippen molar-refractivity contribution in [1.29, 1.82) is 0 Å². The Kier molecular flexibility index (Phi) is 5.26. The second-order valence-corrected chi connectivity index (χ2v) is 8.12. The third-order valence-electron chi connectivity index (χ3n) is 5.04. The summed E-state index contributed by atoms with van der Waals surface area (Å²) in [5.74, 6) is -0.477. The van der Waals surface area contributed by atoms with Crippen LogP contribution in [0.4, 0.5) is 11.4 Å². The number of piperidine rings is 1. The fourth-order valence-corrected chi connectivity index (χ4v) is 4.56. The minimum Gasteiger partial charge on any atom is -0.337 e. The van der Waals surface area contributed by atoms with Gasteiger partial charge in [-0.05, 0) is 37.1 Å². The van der Waals surface area contributed by atoms with Gasteiger partial charge in [0.25, 0.3) is 11.6 Å². The molecule has 1 fully saturated rings. The minimum atomic E-state index is -0.445. The van der Waals surface area contributed by atoms with Gasteiger partial charge in [-0.15, -0.1) is 11.3 Å². The molecule has 7 nitrogen and oxygen atoms in total. The summed E-state index contributed by atoms with van der Waals surface area (Å²) in [5.41, 5.74) is 0.747. The van der Waals surface area contributed by atoms with Crippen LogP contribution in [0, 0.1) is 16.0 Å². The molecular formula is C21H19N3O4S. The lowest BCUT2D eigenvalue weighted by atomic mass is 9.97. The number of hydrogen-bond donors (Lipinski definition) is 1. The summed E-state index contributed by atoms with van der Waals surface area (Å²) in [7, 11) is 0. The van der Waals surface area contributed by atoms with Crippen molar-refractivity contribution in [3.05, 3.63) is 69.6 Å². The lowest BCUT2D eigenvalue weighted by Gasteiger charge is -2.31. The number of non-ortho nitro benzene ring substituents is 1. The second-order valence-electron chi connectivity index (χ2n) is 7.04. The van der Waals surface area contributed by atoms with Crippen LogP contribution in [0.25, 0.3) is 10.1 Å². The van der Waals surface area contributed by atoms with Gasteiger partial charge in [-0.3, -0.25) is 19.7 Å². The number of para-hydroxylation sites is 1. The molecule has 1 aliphatic heterocycles. The Morgan fingerprint density at radius 3 is 2.69 bits per heavy atom. The van der Waals surface area contributed by atoms with Crippen molar-refractivity contribution in [3.63, 3.8) is 0 Å². The van der Waals surface area contributed by atoms with Gasteiger partial charge in [0, 0.05) is 41.0 Å². The number of rotatable bonds is 4. The average molecular weight is 409 g/mol. The Balaban J connectivity index is 1.47. The molecule has 148 valence electrons. The third-order valence-corrected chi connectivity index (χ3v) is 6.15. The maximum absolute atomic E-state index is 13.0. The van der Waals surface area contributed by atoms with Crippen molar-refractivity contribution in [2.24, 2.45) is 5.92 Å². The molecule has 0 bridgehead atoms. The fraction of sp³-hybridized carbons (Fsp3) is 0.238. The van der Waals surface area contributed by atoms with E-state index in [1.54, 1.807) is 17.0 Å². The number of carbonyl (C=O) groups excluding carboxylic acids is 2. The van der Waals surface area contributed by atoms with Gasteiger partial charge in [-0.2, -0.15) is 0 Å². The van der Waals surface area contributed by atoms with Gasteiger partial charge in [0.1, 0.15) is 0 Å². The number of amides is 2. The Bertz CT molecular complexity index is 1080. The molecule has 29 heavy (non-hydrogen) atoms. The number of hydrogen-bond acceptors (Lipinski definition) is 5. The van der Waals surface area contributed by atoms with E-state index in [4.69, 9.17) is 0 Å². The summed E-state index contributed by atoms with van der Waals surface area (Å²) in [5, 5.41) is 14.6. The first-order valence-electron chi connectivity index (χ1n) is 9.34. The van der Waals surface area contributed by atoms with E-state index in [0.717, 1.165) is 23.2 Å². The zero-order valence-corrected chi connectivity index (χ0v) is 16.4. The summed E-state index contributed by atoms with van der Waals surface area (Å²) < 4.78 is 0.828. The van der Waals surface area contributed by atoms with Gasteiger partial charge < -0.3 is 10.2 Å². The summed E-state index contributed by atoms with van der Waals surface area (Å²) in [6, 6.07) is 15.6. The molecule has 4 rings (SSSR count). The Hall–Kier alpha value is -3.26. The average Bonchev–Trinajstić information content (AvgIpc) is 3.17. The molecular weight excluding hydrogens is 390 g/mol. The Morgan fingerprint density at radius 1 is 1.14 bits per heavy atom. The van der Waals surface area contributed by atoms with E-state index in [2.05, 4.69) is 5.32 Å². The van der Waals surface area contributed by atoms with Crippen LogP contribution >= 0.6 is 11.3 Å². The maximum Gasteiger partial charge on any atom is 0.270 e. The number of nitro benzene ring substituents is 1. The first-order valence-corrected chi connectivity index (χ1v) is 10.2. The molecule has 1 aliphatic rings. The summed E-state index contributed by atoms with van der Waals surface area (Å²) >= 11 is 1.32. The Morgan fingerprint density at radius 2 is 1.93 bits per heavy atom. The number of nitro groups is 1. The van der Waals surface area contributed by atoms with E-state index >= 15 is 0 Å². The smallest absolute Gasteiger partial charge is 0.270 e. The van der Waals surface area contributed by atoms with Crippen LogP contribution in [0.3, 0.4) is 0 Å². The van der Waals surface area contributed by atoms with E-state index in [1.807, 2.05) is 30.3 Å². The summed E-state index contributed by atoms with van der Waals surface area (Å²) in [4.78, 5) is 38.3. The van der Waals surface area contributed by atoms with Crippen molar-refractivity contribution in [2.75, 3.05) is 18.4 Å². The monoisotopic (exact) mass is 409 g/mol. The van der Waals surface area contributed by atoms with Gasteiger partial charge in [-0.25, -0.2) is 0 Å². The van der Waals surface area contributed by atoms with Crippen LogP contribution < -0.4 is 5.32 Å². The van der Waals surface area contributed by atoms with Crippen LogP contribution in [-0.4, -0.2) is 34.7 Å². The lowest BCUT2D eigenvalue weighted by Crippen LogP contribution is -2.43. The van der Waals surface area contributed by atoms with Crippen molar-refractivity contribution >= 4 is 44.6 Å². The van der Waals surface area contributed by atoms with Crippen molar-refractivity contribution < 1.29 is 14.5 Å². The number of carbonyl (C=O) groups is 2. The minimum absolute atomic E-state index is 0.00455. The molecule has 1 saturated heterocycles. The second kappa shape index (κ2) is 8.00. The number of nitrogens with one attached hydrogen (secondary N) is 1. The van der Waals surface area contributed by atoms with Crippen LogP contribution in [0.2, 0.25) is 0 Å². The molecule has 2 heterocycles. The standard InChI is InChI=1S/C21H19N3O4S/c25-20(22-16-6-2-1-3-7-16)14-5-4-10-23(13-14)21(26)19-12-15-11-17(24(27)28)8-9-18(15)29-19/h1-3,6-9,11-12,14H,4-5,10,13H2,(H,22,25). The Labute approximate surface area is 171 Å². The molecule has 1 unspecified atom stereocenters. The molecule has 1 N–H and O–H groups in total. The van der Waals surface area contributed by atoms with E-state index in [-0.39, 0.29) is 23.4 Å². The zero-order valence-electron chi connectivity index (χ0n) is 15.5. The number of thiophene rings is 1. The molecule has 0 radical (unpaired) electrons. The molecule has 3 aromatic rings. The highest BCUT2D eigenvalue weighted by Crippen LogP contribution is 2.30. The first kappa shape index (κ1) is 19.1. The van der Waals surface area contributed by atoms with E-state index < -0.39 is 4.92 Å². The number of anilines is 1. The first-order chi connectivity index (χ1) is 14.0. The maximum atomic E-state index is 13.0. The fourth-order valence-electron chi connectivity index (χ4n) is 3.55. The number of nitrogens with zero attached hydrogens (tertiary/aromatic N) is 2. The highest BCUT2D eigenvalue weighted by atomic mass is 32.1. The highest BCUT2D eigenvalue weighted by molar-refractivity contribution is 7.20. The lowest BCUT2D eigenvalue weighted by molar-refractivity contribution is -0.384. The van der Waals surface area contributed by atoms with Crippen LogP contribution in [-0.2, 0) is 4.79 Å². The predicted octanol–water partition coefficient (Wildman–Crippen LogP) is 4.30. The highest BCUT2D eigenvalue weighted by Gasteiger charge is 2.29. The van der Waals surface area contributed by atoms with E-state index in [1.165, 1.54) is 23.5 Å². The zero-order chi connectivity index (χ0) is 20.4. The molecule has 2 aromatic carbocycles. The predicted molar refractivity (Wildman–Crippen MR) is 112 cm³/mol. The van der Waals surface area contributed by atoms with Crippen molar-refractivity contribution in [3.8, 4) is 0 Å². The molecule has 0 aliphatic carbocycles. The number of benzene rings is 2. The van der Waals surface area contributed by atoms with Crippen molar-refractivity contribution in [2.45, 2.75) is 12.8 Å². The molecule has 0 spiro atoms. The van der Waals surface area contributed by atoms with Crippen LogP contribution in [0.5, 0.6) is 0 Å². The van der Waals surface area contributed by atoms with Crippen molar-refractivity contribution in [1.82, 2.24) is 4.90 Å². The molecule has 8 heteroatoms. The van der Waals surface area contributed by atoms with Gasteiger partial charge in [0.2, 0.25) is 5.91 Å². The largest absolute Gasteiger partial charge is 0.337 e. The van der Waals surface area contributed by atoms with Crippen LogP contribution in [0.15, 0.2) is 54.6 Å². The topological polar surface area (TPSA) is 92.6 Å². The summed E-state index contributed by atoms with van der Waals surface area (Å²) in [6.07, 6.45) is 1.50. The third kappa shape index (κ3) is 4.12. The van der Waals surface area contributed by atoms with Gasteiger partial charge in [-0.1, -0.05) is 18.2 Å². The van der Waals surface area contributed by atoms with E-state index in [9.17, 15) is 19.7 Å². The normalized spacial score (nSPS) is 16.6.